The second-order valence-corrected chi connectivity index (χ2v) is 6.92. The first-order chi connectivity index (χ1) is 11.3. The molecule has 2 unspecified atom stereocenters. The number of piperidine rings is 1. The first-order valence-corrected chi connectivity index (χ1v) is 9.48. The standard InChI is InChI=1S/C17H24N4OS/c1-23-22-12-13-6-9-20(10-7-13)16-8-11-21-15-5-3-2-4-14(15)18-17(21)19-16/h2-5,8,11,13,16-19H,6-7,9-10,12H2,1H3. The maximum atomic E-state index is 5.50. The molecule has 0 aromatic heterocycles. The van der Waals surface area contributed by atoms with Crippen LogP contribution >= 0.6 is 12.0 Å². The van der Waals surface area contributed by atoms with Gasteiger partial charge in [-0.3, -0.25) is 10.2 Å². The van der Waals surface area contributed by atoms with Gasteiger partial charge < -0.3 is 14.4 Å². The molecule has 0 amide bonds. The van der Waals surface area contributed by atoms with E-state index >= 15 is 0 Å². The van der Waals surface area contributed by atoms with E-state index < -0.39 is 0 Å². The lowest BCUT2D eigenvalue weighted by molar-refractivity contribution is 0.109. The van der Waals surface area contributed by atoms with Crippen LogP contribution in [0.4, 0.5) is 11.4 Å². The fourth-order valence-electron chi connectivity index (χ4n) is 3.65. The van der Waals surface area contributed by atoms with E-state index in [4.69, 9.17) is 4.18 Å². The van der Waals surface area contributed by atoms with Crippen LogP contribution in [0.1, 0.15) is 12.8 Å². The van der Waals surface area contributed by atoms with Crippen LogP contribution in [0, 0.1) is 5.92 Å². The summed E-state index contributed by atoms with van der Waals surface area (Å²) >= 11 is 1.48. The fourth-order valence-corrected chi connectivity index (χ4v) is 3.97. The molecule has 23 heavy (non-hydrogen) atoms. The number of benzene rings is 1. The van der Waals surface area contributed by atoms with Gasteiger partial charge >= 0.3 is 0 Å². The molecule has 0 aliphatic carbocycles. The minimum absolute atomic E-state index is 0.153. The van der Waals surface area contributed by atoms with Crippen molar-refractivity contribution in [3.8, 4) is 0 Å². The summed E-state index contributed by atoms with van der Waals surface area (Å²) < 4.78 is 5.50. The maximum Gasteiger partial charge on any atom is 0.160 e. The van der Waals surface area contributed by atoms with Gasteiger partial charge in [-0.15, -0.1) is 0 Å². The Morgan fingerprint density at radius 1 is 1.26 bits per heavy atom. The van der Waals surface area contributed by atoms with Gasteiger partial charge in [-0.05, 0) is 49.0 Å². The van der Waals surface area contributed by atoms with Crippen LogP contribution in [0.2, 0.25) is 0 Å². The molecule has 2 atom stereocenters. The molecule has 5 nitrogen and oxygen atoms in total. The Bertz CT molecular complexity index is 573. The Labute approximate surface area is 142 Å². The van der Waals surface area contributed by atoms with Crippen molar-refractivity contribution >= 4 is 23.4 Å². The molecule has 0 bridgehead atoms. The molecule has 1 saturated heterocycles. The van der Waals surface area contributed by atoms with E-state index in [0.717, 1.165) is 19.7 Å². The molecular formula is C17H24N4OS. The highest BCUT2D eigenvalue weighted by molar-refractivity contribution is 7.93. The van der Waals surface area contributed by atoms with Gasteiger partial charge in [0.25, 0.3) is 0 Å². The molecule has 0 saturated carbocycles. The molecule has 3 heterocycles. The first kappa shape index (κ1) is 15.3. The van der Waals surface area contributed by atoms with Gasteiger partial charge in [-0.1, -0.05) is 12.1 Å². The van der Waals surface area contributed by atoms with E-state index in [9.17, 15) is 0 Å². The molecule has 1 aromatic rings. The average molecular weight is 332 g/mol. The Kier molecular flexibility index (Phi) is 4.48. The lowest BCUT2D eigenvalue weighted by Crippen LogP contribution is -2.59. The molecule has 1 aromatic carbocycles. The van der Waals surface area contributed by atoms with Crippen LogP contribution in [0.15, 0.2) is 36.5 Å². The fraction of sp³-hybridized carbons (Fsp3) is 0.529. The summed E-state index contributed by atoms with van der Waals surface area (Å²) in [7, 11) is 0. The number of rotatable bonds is 4. The number of likely N-dealkylation sites (tertiary alicyclic amines) is 1. The second-order valence-electron chi connectivity index (χ2n) is 6.35. The molecule has 0 spiro atoms. The molecular weight excluding hydrogens is 308 g/mol. The minimum Gasteiger partial charge on any atom is -0.351 e. The van der Waals surface area contributed by atoms with Crippen molar-refractivity contribution in [2.45, 2.75) is 25.3 Å². The van der Waals surface area contributed by atoms with Gasteiger partial charge in [0.05, 0.1) is 24.1 Å². The Morgan fingerprint density at radius 2 is 2.09 bits per heavy atom. The van der Waals surface area contributed by atoms with Gasteiger partial charge in [0, 0.05) is 25.5 Å². The van der Waals surface area contributed by atoms with Gasteiger partial charge in [0.2, 0.25) is 0 Å². The summed E-state index contributed by atoms with van der Waals surface area (Å²) in [6.07, 6.45) is 9.38. The van der Waals surface area contributed by atoms with Crippen molar-refractivity contribution in [2.75, 3.05) is 36.2 Å². The second kappa shape index (κ2) is 6.73. The zero-order valence-electron chi connectivity index (χ0n) is 13.4. The zero-order valence-corrected chi connectivity index (χ0v) is 14.3. The van der Waals surface area contributed by atoms with E-state index in [1.54, 1.807) is 0 Å². The number of hydrogen-bond acceptors (Lipinski definition) is 6. The topological polar surface area (TPSA) is 39.8 Å². The highest BCUT2D eigenvalue weighted by atomic mass is 32.2. The van der Waals surface area contributed by atoms with E-state index in [-0.39, 0.29) is 6.29 Å². The maximum absolute atomic E-state index is 5.50. The van der Waals surface area contributed by atoms with Crippen LogP contribution in [0.5, 0.6) is 0 Å². The number of fused-ring (bicyclic) bond motifs is 3. The lowest BCUT2D eigenvalue weighted by Gasteiger charge is -2.41. The number of nitrogens with one attached hydrogen (secondary N) is 2. The third kappa shape index (κ3) is 3.08. The number of para-hydroxylation sites is 2. The van der Waals surface area contributed by atoms with Gasteiger partial charge in [-0.2, -0.15) is 0 Å². The van der Waals surface area contributed by atoms with Gasteiger partial charge in [0.15, 0.2) is 6.29 Å². The van der Waals surface area contributed by atoms with Crippen molar-refractivity contribution in [1.82, 2.24) is 10.2 Å². The summed E-state index contributed by atoms with van der Waals surface area (Å²) in [6, 6.07) is 8.46. The first-order valence-electron chi connectivity index (χ1n) is 8.33. The minimum atomic E-state index is 0.153. The van der Waals surface area contributed by atoms with Crippen LogP contribution in [-0.4, -0.2) is 43.3 Å². The van der Waals surface area contributed by atoms with Crippen molar-refractivity contribution in [3.63, 3.8) is 0 Å². The number of hydrogen-bond donors (Lipinski definition) is 2. The SMILES string of the molecule is CSOCC1CCN(C2C=CN3c4ccccc4NC3N2)CC1. The highest BCUT2D eigenvalue weighted by Crippen LogP contribution is 2.35. The monoisotopic (exact) mass is 332 g/mol. The number of anilines is 2. The average Bonchev–Trinajstić information content (AvgIpc) is 2.98. The third-order valence-corrected chi connectivity index (χ3v) is 5.35. The molecule has 0 radical (unpaired) electrons. The molecule has 3 aliphatic rings. The molecule has 4 rings (SSSR count). The van der Waals surface area contributed by atoms with E-state index in [2.05, 4.69) is 57.0 Å². The van der Waals surface area contributed by atoms with Gasteiger partial charge in [0.1, 0.15) is 0 Å². The van der Waals surface area contributed by atoms with Crippen LogP contribution in [0.25, 0.3) is 0 Å². The third-order valence-electron chi connectivity index (χ3n) is 4.97. The van der Waals surface area contributed by atoms with Gasteiger partial charge in [-0.25, -0.2) is 0 Å². The number of nitrogens with zero attached hydrogens (tertiary/aromatic N) is 2. The van der Waals surface area contributed by atoms with Crippen LogP contribution in [0.3, 0.4) is 0 Å². The van der Waals surface area contributed by atoms with Crippen LogP contribution < -0.4 is 15.5 Å². The lowest BCUT2D eigenvalue weighted by atomic mass is 9.97. The normalized spacial score (nSPS) is 27.6. The summed E-state index contributed by atoms with van der Waals surface area (Å²) in [5, 5.41) is 7.26. The largest absolute Gasteiger partial charge is 0.351 e. The van der Waals surface area contributed by atoms with E-state index in [1.165, 1.54) is 36.3 Å². The van der Waals surface area contributed by atoms with Crippen molar-refractivity contribution in [3.05, 3.63) is 36.5 Å². The van der Waals surface area contributed by atoms with E-state index in [1.807, 2.05) is 6.26 Å². The highest BCUT2D eigenvalue weighted by Gasteiger charge is 2.34. The smallest absolute Gasteiger partial charge is 0.160 e. The van der Waals surface area contributed by atoms with Crippen LogP contribution in [-0.2, 0) is 4.18 Å². The predicted octanol–water partition coefficient (Wildman–Crippen LogP) is 2.65. The summed E-state index contributed by atoms with van der Waals surface area (Å²) in [6.45, 7) is 3.14. The van der Waals surface area contributed by atoms with E-state index in [0.29, 0.717) is 12.1 Å². The summed E-state index contributed by atoms with van der Waals surface area (Å²) in [5.74, 6) is 0.705. The summed E-state index contributed by atoms with van der Waals surface area (Å²) in [4.78, 5) is 4.80. The Morgan fingerprint density at radius 3 is 2.91 bits per heavy atom. The molecule has 1 fully saturated rings. The molecule has 2 N–H and O–H groups in total. The molecule has 6 heteroatoms. The van der Waals surface area contributed by atoms with Crippen molar-refractivity contribution in [1.29, 1.82) is 0 Å². The molecule has 124 valence electrons. The zero-order chi connectivity index (χ0) is 15.6. The Hall–Kier alpha value is -1.21. The van der Waals surface area contributed by atoms with Crippen molar-refractivity contribution < 1.29 is 4.18 Å². The quantitative estimate of drug-likeness (QED) is 0.826. The summed E-state index contributed by atoms with van der Waals surface area (Å²) in [5.41, 5.74) is 2.44. The predicted molar refractivity (Wildman–Crippen MR) is 96.2 cm³/mol. The Balaban J connectivity index is 1.36. The van der Waals surface area contributed by atoms with Crippen molar-refractivity contribution in [2.24, 2.45) is 5.92 Å². The molecule has 3 aliphatic heterocycles.